The van der Waals surface area contributed by atoms with Gasteiger partial charge in [-0.15, -0.1) is 11.8 Å². The summed E-state index contributed by atoms with van der Waals surface area (Å²) in [5, 5.41) is 14.8. The fourth-order valence-electron chi connectivity index (χ4n) is 3.45. The van der Waals surface area contributed by atoms with E-state index >= 15 is 0 Å². The highest BCUT2D eigenvalue weighted by Crippen LogP contribution is 2.36. The van der Waals surface area contributed by atoms with Crippen LogP contribution in [-0.2, 0) is 17.5 Å². The Bertz CT molecular complexity index is 965. The highest BCUT2D eigenvalue weighted by Gasteiger charge is 2.33. The zero-order valence-corrected chi connectivity index (χ0v) is 18.5. The van der Waals surface area contributed by atoms with E-state index in [0.717, 1.165) is 61.9 Å². The number of nitro benzene ring substituents is 1. The Hall–Kier alpha value is -2.30. The predicted molar refractivity (Wildman–Crippen MR) is 117 cm³/mol. The van der Waals surface area contributed by atoms with Crippen LogP contribution in [0.1, 0.15) is 24.0 Å². The molecule has 1 heterocycles. The van der Waals surface area contributed by atoms with Gasteiger partial charge in [0.05, 0.1) is 21.1 Å². The maximum absolute atomic E-state index is 12.8. The van der Waals surface area contributed by atoms with Crippen LogP contribution in [0, 0.1) is 10.1 Å². The second-order valence-electron chi connectivity index (χ2n) is 7.47. The average molecular weight is 488 g/mol. The van der Waals surface area contributed by atoms with Gasteiger partial charge in [-0.3, -0.25) is 19.8 Å². The third-order valence-corrected chi connectivity index (χ3v) is 6.43. The zero-order valence-electron chi connectivity index (χ0n) is 16.9. The van der Waals surface area contributed by atoms with Crippen molar-refractivity contribution < 1.29 is 22.9 Å². The minimum absolute atomic E-state index is 0.00726. The molecule has 0 radical (unpaired) electrons. The van der Waals surface area contributed by atoms with Crippen LogP contribution >= 0.6 is 23.4 Å². The van der Waals surface area contributed by atoms with Gasteiger partial charge in [0.1, 0.15) is 0 Å². The molecule has 3 rings (SSSR count). The molecule has 0 aliphatic carbocycles. The van der Waals surface area contributed by atoms with Gasteiger partial charge >= 0.3 is 6.18 Å². The molecule has 11 heteroatoms. The van der Waals surface area contributed by atoms with Gasteiger partial charge in [-0.1, -0.05) is 23.7 Å². The van der Waals surface area contributed by atoms with Crippen molar-refractivity contribution in [2.45, 2.75) is 36.5 Å². The summed E-state index contributed by atoms with van der Waals surface area (Å²) in [6.45, 7) is 2.42. The molecule has 172 valence electrons. The minimum Gasteiger partial charge on any atom is -0.353 e. The van der Waals surface area contributed by atoms with Crippen molar-refractivity contribution >= 4 is 35.0 Å². The molecule has 1 saturated heterocycles. The van der Waals surface area contributed by atoms with Crippen LogP contribution < -0.4 is 5.32 Å². The summed E-state index contributed by atoms with van der Waals surface area (Å²) in [7, 11) is 0. The predicted octanol–water partition coefficient (Wildman–Crippen LogP) is 5.14. The molecule has 0 saturated carbocycles. The maximum Gasteiger partial charge on any atom is 0.416 e. The van der Waals surface area contributed by atoms with Gasteiger partial charge in [-0.2, -0.15) is 13.2 Å². The number of piperidine rings is 1. The van der Waals surface area contributed by atoms with E-state index in [1.807, 2.05) is 24.3 Å². The topological polar surface area (TPSA) is 75.5 Å². The van der Waals surface area contributed by atoms with E-state index in [2.05, 4.69) is 10.2 Å². The van der Waals surface area contributed by atoms with Crippen molar-refractivity contribution in [2.75, 3.05) is 18.8 Å². The van der Waals surface area contributed by atoms with E-state index in [4.69, 9.17) is 11.6 Å². The van der Waals surface area contributed by atoms with Crippen molar-refractivity contribution in [3.63, 3.8) is 0 Å². The molecule has 1 aliphatic rings. The quantitative estimate of drug-likeness (QED) is 0.332. The van der Waals surface area contributed by atoms with E-state index in [0.29, 0.717) is 11.1 Å². The molecular weight excluding hydrogens is 467 g/mol. The first-order valence-electron chi connectivity index (χ1n) is 9.86. The number of alkyl halides is 3. The first-order valence-corrected chi connectivity index (χ1v) is 11.2. The van der Waals surface area contributed by atoms with E-state index in [1.54, 1.807) is 0 Å². The Kier molecular flexibility index (Phi) is 8.02. The smallest absolute Gasteiger partial charge is 0.353 e. The molecule has 1 N–H and O–H groups in total. The first-order chi connectivity index (χ1) is 15.1. The first kappa shape index (κ1) is 24.3. The third-order valence-electron chi connectivity index (χ3n) is 5.11. The minimum atomic E-state index is -4.67. The standard InChI is InChI=1S/C21H21ClF3N3O3S/c22-16-4-1-14(2-5-16)12-27-9-7-17(8-10-27)26-20(29)13-32-19-6-3-15(21(23,24)25)11-18(19)28(30)31/h1-6,11,17H,7-10,12-13H2,(H,26,29). The molecule has 0 bridgehead atoms. The van der Waals surface area contributed by atoms with Gasteiger partial charge in [-0.05, 0) is 42.7 Å². The van der Waals surface area contributed by atoms with E-state index in [9.17, 15) is 28.1 Å². The van der Waals surface area contributed by atoms with Gasteiger partial charge in [0.25, 0.3) is 5.69 Å². The number of amides is 1. The number of likely N-dealkylation sites (tertiary alicyclic amines) is 1. The number of carbonyl (C=O) groups is 1. The monoisotopic (exact) mass is 487 g/mol. The van der Waals surface area contributed by atoms with Crippen molar-refractivity contribution in [2.24, 2.45) is 0 Å². The molecule has 1 fully saturated rings. The molecule has 0 aromatic heterocycles. The summed E-state index contributed by atoms with van der Waals surface area (Å²) in [5.41, 5.74) is -0.595. The Labute approximate surface area is 192 Å². The number of benzene rings is 2. The summed E-state index contributed by atoms with van der Waals surface area (Å²) in [6, 6.07) is 9.97. The van der Waals surface area contributed by atoms with Crippen LogP contribution in [0.15, 0.2) is 47.4 Å². The highest BCUT2D eigenvalue weighted by atomic mass is 35.5. The van der Waals surface area contributed by atoms with Gasteiger partial charge in [-0.25, -0.2) is 0 Å². The van der Waals surface area contributed by atoms with Crippen LogP contribution in [0.3, 0.4) is 0 Å². The number of thioether (sulfide) groups is 1. The molecule has 1 aliphatic heterocycles. The largest absolute Gasteiger partial charge is 0.416 e. The maximum atomic E-state index is 12.8. The number of rotatable bonds is 7. The van der Waals surface area contributed by atoms with Crippen LogP contribution in [0.4, 0.5) is 18.9 Å². The molecule has 32 heavy (non-hydrogen) atoms. The number of nitrogens with one attached hydrogen (secondary N) is 1. The Morgan fingerprint density at radius 1 is 1.19 bits per heavy atom. The van der Waals surface area contributed by atoms with Crippen LogP contribution in [0.2, 0.25) is 5.02 Å². The van der Waals surface area contributed by atoms with Gasteiger partial charge in [0.15, 0.2) is 0 Å². The lowest BCUT2D eigenvalue weighted by atomic mass is 10.0. The van der Waals surface area contributed by atoms with Gasteiger partial charge in [0, 0.05) is 36.8 Å². The lowest BCUT2D eigenvalue weighted by Gasteiger charge is -2.32. The van der Waals surface area contributed by atoms with Gasteiger partial charge in [0.2, 0.25) is 5.91 Å². The van der Waals surface area contributed by atoms with Crippen molar-refractivity contribution in [1.29, 1.82) is 0 Å². The lowest BCUT2D eigenvalue weighted by Crippen LogP contribution is -2.44. The SMILES string of the molecule is O=C(CSc1ccc(C(F)(F)F)cc1[N+](=O)[O-])NC1CCN(Cc2ccc(Cl)cc2)CC1. The molecule has 0 spiro atoms. The highest BCUT2D eigenvalue weighted by molar-refractivity contribution is 8.00. The second-order valence-corrected chi connectivity index (χ2v) is 8.92. The summed E-state index contributed by atoms with van der Waals surface area (Å²) >= 11 is 6.75. The summed E-state index contributed by atoms with van der Waals surface area (Å²) in [5.74, 6) is -0.419. The van der Waals surface area contributed by atoms with Crippen LogP contribution in [0.5, 0.6) is 0 Å². The van der Waals surface area contributed by atoms with Crippen LogP contribution in [-0.4, -0.2) is 40.6 Å². The zero-order chi connectivity index (χ0) is 23.3. The number of halogens is 4. The molecule has 2 aromatic carbocycles. The average Bonchev–Trinajstić information content (AvgIpc) is 2.74. The number of hydrogen-bond acceptors (Lipinski definition) is 5. The third kappa shape index (κ3) is 6.85. The fraction of sp³-hybridized carbons (Fsp3) is 0.381. The van der Waals surface area contributed by atoms with Crippen molar-refractivity contribution in [1.82, 2.24) is 10.2 Å². The Morgan fingerprint density at radius 2 is 1.84 bits per heavy atom. The molecule has 0 unspecified atom stereocenters. The number of nitro groups is 1. The fourth-order valence-corrected chi connectivity index (χ4v) is 4.40. The van der Waals surface area contributed by atoms with Crippen molar-refractivity contribution in [3.05, 3.63) is 68.7 Å². The lowest BCUT2D eigenvalue weighted by molar-refractivity contribution is -0.388. The second kappa shape index (κ2) is 10.5. The number of nitrogens with zero attached hydrogens (tertiary/aromatic N) is 2. The molecular formula is C21H21ClF3N3O3S. The number of hydrogen-bond donors (Lipinski definition) is 1. The van der Waals surface area contributed by atoms with E-state index in [1.165, 1.54) is 0 Å². The normalized spacial score (nSPS) is 15.5. The number of carbonyl (C=O) groups excluding carboxylic acids is 1. The van der Waals surface area contributed by atoms with Crippen molar-refractivity contribution in [3.8, 4) is 0 Å². The molecule has 1 amide bonds. The van der Waals surface area contributed by atoms with E-state index in [-0.39, 0.29) is 22.6 Å². The van der Waals surface area contributed by atoms with Gasteiger partial charge < -0.3 is 5.32 Å². The molecule has 6 nitrogen and oxygen atoms in total. The van der Waals surface area contributed by atoms with Crippen LogP contribution in [0.25, 0.3) is 0 Å². The summed E-state index contributed by atoms with van der Waals surface area (Å²) in [4.78, 5) is 24.9. The summed E-state index contributed by atoms with van der Waals surface area (Å²) < 4.78 is 38.4. The summed E-state index contributed by atoms with van der Waals surface area (Å²) in [6.07, 6.45) is -3.14. The molecule has 0 atom stereocenters. The Morgan fingerprint density at radius 3 is 2.44 bits per heavy atom. The molecule has 2 aromatic rings. The van der Waals surface area contributed by atoms with E-state index < -0.39 is 22.4 Å². The Balaban J connectivity index is 1.47.